The second-order valence-electron chi connectivity index (χ2n) is 11.9. The summed E-state index contributed by atoms with van der Waals surface area (Å²) in [4.78, 5) is 12.3. The van der Waals surface area contributed by atoms with E-state index in [1.54, 1.807) is 0 Å². The molecular formula is C26H34O4. The van der Waals surface area contributed by atoms with Gasteiger partial charge in [0, 0.05) is 11.8 Å². The smallest absolute Gasteiger partial charge is 0.309 e. The molecule has 4 saturated carbocycles. The van der Waals surface area contributed by atoms with Crippen LogP contribution in [0.2, 0.25) is 0 Å². The fraction of sp³-hybridized carbons (Fsp3) is 0.731. The molecule has 4 nitrogen and oxygen atoms in total. The molecule has 2 spiro atoms. The molecule has 1 aromatic carbocycles. The highest BCUT2D eigenvalue weighted by Crippen LogP contribution is 2.77. The molecule has 4 fully saturated rings. The van der Waals surface area contributed by atoms with Crippen molar-refractivity contribution < 1.29 is 19.4 Å². The summed E-state index contributed by atoms with van der Waals surface area (Å²) in [5.41, 5.74) is -0.266. The Morgan fingerprint density at radius 3 is 2.27 bits per heavy atom. The predicted octanol–water partition coefficient (Wildman–Crippen LogP) is 6.04. The predicted molar refractivity (Wildman–Crippen MR) is 113 cm³/mol. The maximum atomic E-state index is 12.3. The number of carboxylic acids is 1. The zero-order valence-electron chi connectivity index (χ0n) is 18.5. The largest absolute Gasteiger partial charge is 0.481 e. The molecule has 6 atom stereocenters. The van der Waals surface area contributed by atoms with Crippen molar-refractivity contribution in [1.29, 1.82) is 0 Å². The first kappa shape index (κ1) is 19.0. The van der Waals surface area contributed by atoms with E-state index in [1.165, 1.54) is 12.8 Å². The molecule has 1 heterocycles. The summed E-state index contributed by atoms with van der Waals surface area (Å²) in [5, 5.41) is 10.1. The van der Waals surface area contributed by atoms with Crippen LogP contribution in [0.15, 0.2) is 24.3 Å². The molecule has 2 bridgehead atoms. The van der Waals surface area contributed by atoms with Gasteiger partial charge in [-0.25, -0.2) is 0 Å². The minimum atomic E-state index is -0.587. The fourth-order valence-electron chi connectivity index (χ4n) is 9.30. The van der Waals surface area contributed by atoms with Crippen molar-refractivity contribution >= 4 is 5.97 Å². The van der Waals surface area contributed by atoms with E-state index in [-0.39, 0.29) is 22.2 Å². The Morgan fingerprint density at radius 1 is 0.933 bits per heavy atom. The molecule has 0 amide bonds. The van der Waals surface area contributed by atoms with E-state index in [9.17, 15) is 9.90 Å². The van der Waals surface area contributed by atoms with Crippen molar-refractivity contribution in [3.8, 4) is 11.5 Å². The first-order valence-corrected chi connectivity index (χ1v) is 11.9. The van der Waals surface area contributed by atoms with Gasteiger partial charge in [0.2, 0.25) is 0 Å². The number of rotatable bonds is 1. The van der Waals surface area contributed by atoms with Crippen LogP contribution in [-0.4, -0.2) is 16.9 Å². The highest BCUT2D eigenvalue weighted by molar-refractivity contribution is 5.75. The van der Waals surface area contributed by atoms with Gasteiger partial charge in [0.05, 0.1) is 5.41 Å². The van der Waals surface area contributed by atoms with Crippen LogP contribution in [0, 0.1) is 33.5 Å². The zero-order chi connectivity index (χ0) is 21.0. The molecule has 0 aromatic heterocycles. The molecule has 6 rings (SSSR count). The molecule has 1 N–H and O–H groups in total. The minimum Gasteiger partial charge on any atom is -0.481 e. The van der Waals surface area contributed by atoms with E-state index in [0.717, 1.165) is 56.4 Å². The van der Waals surface area contributed by atoms with Crippen molar-refractivity contribution in [2.24, 2.45) is 33.5 Å². The lowest BCUT2D eigenvalue weighted by Gasteiger charge is -2.63. The van der Waals surface area contributed by atoms with Crippen molar-refractivity contribution in [3.05, 3.63) is 24.3 Å². The summed E-state index contributed by atoms with van der Waals surface area (Å²) in [6.45, 7) is 6.83. The normalized spacial score (nSPS) is 47.6. The number of hydrogen-bond donors (Lipinski definition) is 1. The highest BCUT2D eigenvalue weighted by atomic mass is 16.7. The van der Waals surface area contributed by atoms with Gasteiger partial charge in [0.25, 0.3) is 5.79 Å². The van der Waals surface area contributed by atoms with E-state index < -0.39 is 17.2 Å². The number of hydrogen-bond acceptors (Lipinski definition) is 3. The quantitative estimate of drug-likeness (QED) is 0.613. The van der Waals surface area contributed by atoms with Crippen molar-refractivity contribution in [3.63, 3.8) is 0 Å². The lowest BCUT2D eigenvalue weighted by Crippen LogP contribution is -2.58. The standard InChI is InChI=1S/C26H34O4/c1-22-13-9-20-23(2)11-6-12-24(3,21(27)28)19(23)10-14-25(20,15-22)16-26(22)29-17-7-4-5-8-18(17)30-26/h4-5,7-8,19-20H,6,9-16H2,1-3H3,(H,27,28)/t19-,20-,22-,23+,24+,25+/m0/s1. The average molecular weight is 411 g/mol. The van der Waals surface area contributed by atoms with Gasteiger partial charge >= 0.3 is 5.97 Å². The van der Waals surface area contributed by atoms with Gasteiger partial charge in [0.1, 0.15) is 0 Å². The zero-order valence-corrected chi connectivity index (χ0v) is 18.5. The first-order chi connectivity index (χ1) is 14.2. The minimum absolute atomic E-state index is 0.0104. The Labute approximate surface area is 179 Å². The van der Waals surface area contributed by atoms with Crippen LogP contribution in [0.25, 0.3) is 0 Å². The molecule has 30 heavy (non-hydrogen) atoms. The van der Waals surface area contributed by atoms with Crippen molar-refractivity contribution in [2.75, 3.05) is 0 Å². The Balaban J connectivity index is 1.40. The van der Waals surface area contributed by atoms with Gasteiger partial charge in [-0.2, -0.15) is 0 Å². The van der Waals surface area contributed by atoms with Gasteiger partial charge in [-0.15, -0.1) is 0 Å². The maximum Gasteiger partial charge on any atom is 0.309 e. The number of ether oxygens (including phenoxy) is 2. The second-order valence-corrected chi connectivity index (χ2v) is 11.9. The van der Waals surface area contributed by atoms with Gasteiger partial charge < -0.3 is 14.6 Å². The van der Waals surface area contributed by atoms with Gasteiger partial charge in [-0.1, -0.05) is 32.4 Å². The molecule has 1 aliphatic heterocycles. The SMILES string of the molecule is C[C@@]12CCC[C@@](C)(C(=O)O)[C@H]1CC[C@@]13CC4(Oc5ccccc5O4)[C@@](C)(CC[C@H]12)C3. The first-order valence-electron chi connectivity index (χ1n) is 11.9. The second kappa shape index (κ2) is 5.55. The Kier molecular flexibility index (Phi) is 3.52. The Bertz CT molecular complexity index is 900. The summed E-state index contributed by atoms with van der Waals surface area (Å²) in [6, 6.07) is 8.10. The number of carbonyl (C=O) groups is 1. The molecule has 1 aromatic rings. The molecule has 4 aliphatic carbocycles. The lowest BCUT2D eigenvalue weighted by atomic mass is 9.40. The Hall–Kier alpha value is -1.71. The van der Waals surface area contributed by atoms with Crippen molar-refractivity contribution in [2.45, 2.75) is 84.3 Å². The van der Waals surface area contributed by atoms with E-state index >= 15 is 0 Å². The molecule has 0 radical (unpaired) electrons. The number of benzene rings is 1. The summed E-state index contributed by atoms with van der Waals surface area (Å²) in [6.07, 6.45) is 9.51. The third-order valence-electron chi connectivity index (χ3n) is 10.6. The summed E-state index contributed by atoms with van der Waals surface area (Å²) < 4.78 is 13.3. The van der Waals surface area contributed by atoms with Crippen LogP contribution in [0.4, 0.5) is 0 Å². The maximum absolute atomic E-state index is 12.3. The molecule has 0 unspecified atom stereocenters. The number of aliphatic carboxylic acids is 1. The third kappa shape index (κ3) is 2.06. The van der Waals surface area contributed by atoms with Crippen LogP contribution in [0.3, 0.4) is 0 Å². The summed E-state index contributed by atoms with van der Waals surface area (Å²) in [5.74, 6) is 1.46. The van der Waals surface area contributed by atoms with Gasteiger partial charge in [0.15, 0.2) is 11.5 Å². The van der Waals surface area contributed by atoms with E-state index in [2.05, 4.69) is 13.8 Å². The van der Waals surface area contributed by atoms with E-state index in [0.29, 0.717) is 5.92 Å². The molecule has 162 valence electrons. The molecule has 4 heteroatoms. The van der Waals surface area contributed by atoms with Crippen LogP contribution in [-0.2, 0) is 4.79 Å². The Morgan fingerprint density at radius 2 is 1.60 bits per heavy atom. The fourth-order valence-corrected chi connectivity index (χ4v) is 9.30. The van der Waals surface area contributed by atoms with E-state index in [4.69, 9.17) is 9.47 Å². The van der Waals surface area contributed by atoms with Gasteiger partial charge in [-0.05, 0) is 86.7 Å². The van der Waals surface area contributed by atoms with Gasteiger partial charge in [-0.3, -0.25) is 4.79 Å². The molecular weight excluding hydrogens is 376 g/mol. The number of para-hydroxylation sites is 2. The molecule has 5 aliphatic rings. The van der Waals surface area contributed by atoms with Crippen LogP contribution in [0.5, 0.6) is 11.5 Å². The van der Waals surface area contributed by atoms with Crippen LogP contribution in [0.1, 0.15) is 78.6 Å². The van der Waals surface area contributed by atoms with Crippen molar-refractivity contribution in [1.82, 2.24) is 0 Å². The third-order valence-corrected chi connectivity index (χ3v) is 10.6. The van der Waals surface area contributed by atoms with Crippen LogP contribution < -0.4 is 9.47 Å². The highest BCUT2D eigenvalue weighted by Gasteiger charge is 2.75. The monoisotopic (exact) mass is 410 g/mol. The average Bonchev–Trinajstić information content (AvgIpc) is 3.13. The lowest BCUT2D eigenvalue weighted by molar-refractivity contribution is -0.182. The molecule has 0 saturated heterocycles. The summed E-state index contributed by atoms with van der Waals surface area (Å²) >= 11 is 0. The topological polar surface area (TPSA) is 55.8 Å². The van der Waals surface area contributed by atoms with E-state index in [1.807, 2.05) is 31.2 Å². The number of carboxylic acid groups (broad SMARTS) is 1. The van der Waals surface area contributed by atoms with Crippen LogP contribution >= 0.6 is 0 Å². The summed E-state index contributed by atoms with van der Waals surface area (Å²) in [7, 11) is 0. The number of fused-ring (bicyclic) bond motifs is 5.